The zero-order valence-corrected chi connectivity index (χ0v) is 17.6. The van der Waals surface area contributed by atoms with Crippen LogP contribution in [-0.4, -0.2) is 32.8 Å². The minimum Gasteiger partial charge on any atom is -0.456 e. The van der Waals surface area contributed by atoms with Crippen LogP contribution in [0.4, 0.5) is 0 Å². The van der Waals surface area contributed by atoms with Gasteiger partial charge < -0.3 is 4.74 Å². The first-order valence-electron chi connectivity index (χ1n) is 7.83. The van der Waals surface area contributed by atoms with Gasteiger partial charge in [0.05, 0.1) is 14.1 Å². The zero-order valence-electron chi connectivity index (χ0n) is 14.4. The van der Waals surface area contributed by atoms with Crippen molar-refractivity contribution in [1.29, 1.82) is 0 Å². The Hall–Kier alpha value is -1.45. The minimum absolute atomic E-state index is 0.0327. The number of ether oxygens (including phenoxy) is 1. The molecule has 27 heavy (non-hydrogen) atoms. The highest BCUT2D eigenvalue weighted by Crippen LogP contribution is 2.22. The summed E-state index contributed by atoms with van der Waals surface area (Å²) < 4.78 is 32.8. The van der Waals surface area contributed by atoms with Gasteiger partial charge in [0.1, 0.15) is 6.04 Å². The van der Waals surface area contributed by atoms with Gasteiger partial charge in [0.15, 0.2) is 6.61 Å². The van der Waals surface area contributed by atoms with E-state index in [9.17, 15) is 18.0 Å². The van der Waals surface area contributed by atoms with Gasteiger partial charge in [-0.15, -0.1) is 11.3 Å². The van der Waals surface area contributed by atoms with Crippen molar-refractivity contribution in [3.63, 3.8) is 0 Å². The maximum absolute atomic E-state index is 12.5. The predicted molar refractivity (Wildman–Crippen MR) is 105 cm³/mol. The van der Waals surface area contributed by atoms with Crippen molar-refractivity contribution in [2.24, 2.45) is 5.92 Å². The summed E-state index contributed by atoms with van der Waals surface area (Å²) in [6.45, 7) is 2.83. The van der Waals surface area contributed by atoms with E-state index in [1.807, 2.05) is 0 Å². The first kappa shape index (κ1) is 21.8. The van der Waals surface area contributed by atoms with E-state index in [1.54, 1.807) is 19.9 Å². The molecule has 0 saturated carbocycles. The summed E-state index contributed by atoms with van der Waals surface area (Å²) in [4.78, 5) is 24.7. The van der Waals surface area contributed by atoms with E-state index in [2.05, 4.69) is 4.72 Å². The van der Waals surface area contributed by atoms with E-state index >= 15 is 0 Å². The van der Waals surface area contributed by atoms with Crippen LogP contribution in [0.15, 0.2) is 41.3 Å². The molecule has 0 fully saturated rings. The number of benzene rings is 1. The highest BCUT2D eigenvalue weighted by Gasteiger charge is 2.30. The highest BCUT2D eigenvalue weighted by atomic mass is 35.5. The second-order valence-electron chi connectivity index (χ2n) is 5.93. The van der Waals surface area contributed by atoms with Crippen molar-refractivity contribution >= 4 is 56.3 Å². The number of rotatable bonds is 8. The molecule has 1 N–H and O–H groups in total. The van der Waals surface area contributed by atoms with Gasteiger partial charge in [-0.25, -0.2) is 8.42 Å². The molecule has 6 nitrogen and oxygen atoms in total. The van der Waals surface area contributed by atoms with Gasteiger partial charge in [-0.3, -0.25) is 9.59 Å². The molecular weight excluding hydrogens is 433 g/mol. The van der Waals surface area contributed by atoms with Crippen LogP contribution in [0.5, 0.6) is 0 Å². The lowest BCUT2D eigenvalue weighted by Gasteiger charge is -2.20. The fraction of sp³-hybridized carbons (Fsp3) is 0.294. The van der Waals surface area contributed by atoms with Crippen LogP contribution >= 0.6 is 34.5 Å². The third-order valence-corrected chi connectivity index (χ3v) is 6.50. The SMILES string of the molecule is CC(C)[C@H](NS(=O)(=O)c1ccc(Cl)cc1)C(=O)OCC(=O)c1ccc(Cl)s1. The summed E-state index contributed by atoms with van der Waals surface area (Å²) >= 11 is 12.6. The van der Waals surface area contributed by atoms with Gasteiger partial charge in [0.2, 0.25) is 15.8 Å². The molecule has 0 amide bonds. The molecule has 2 rings (SSSR count). The van der Waals surface area contributed by atoms with Gasteiger partial charge in [-0.05, 0) is 42.3 Å². The molecular formula is C17H17Cl2NO5S2. The molecule has 0 aliphatic heterocycles. The largest absolute Gasteiger partial charge is 0.456 e. The average Bonchev–Trinajstić information content (AvgIpc) is 3.04. The lowest BCUT2D eigenvalue weighted by Crippen LogP contribution is -2.45. The maximum atomic E-state index is 12.5. The number of sulfonamides is 1. The number of Topliss-reactive ketones (excluding diaryl/α,β-unsaturated/α-hetero) is 1. The summed E-state index contributed by atoms with van der Waals surface area (Å²) in [5.41, 5.74) is 0. The van der Waals surface area contributed by atoms with Crippen molar-refractivity contribution in [1.82, 2.24) is 4.72 Å². The Balaban J connectivity index is 2.06. The van der Waals surface area contributed by atoms with E-state index in [4.69, 9.17) is 27.9 Å². The summed E-state index contributed by atoms with van der Waals surface area (Å²) in [5, 5.41) is 0.390. The van der Waals surface area contributed by atoms with Crippen molar-refractivity contribution in [3.8, 4) is 0 Å². The molecule has 0 spiro atoms. The highest BCUT2D eigenvalue weighted by molar-refractivity contribution is 7.89. The molecule has 1 heterocycles. The van der Waals surface area contributed by atoms with Gasteiger partial charge in [-0.1, -0.05) is 37.0 Å². The number of carbonyl (C=O) groups excluding carboxylic acids is 2. The fourth-order valence-electron chi connectivity index (χ4n) is 2.07. The molecule has 0 bridgehead atoms. The summed E-state index contributed by atoms with van der Waals surface area (Å²) in [5.74, 6) is -1.65. The van der Waals surface area contributed by atoms with E-state index in [0.717, 1.165) is 11.3 Å². The van der Waals surface area contributed by atoms with Crippen molar-refractivity contribution in [3.05, 3.63) is 50.6 Å². The minimum atomic E-state index is -3.96. The smallest absolute Gasteiger partial charge is 0.324 e. The average molecular weight is 450 g/mol. The van der Waals surface area contributed by atoms with E-state index in [1.165, 1.54) is 30.3 Å². The van der Waals surface area contributed by atoms with Gasteiger partial charge in [0, 0.05) is 5.02 Å². The first-order valence-corrected chi connectivity index (χ1v) is 10.9. The third-order valence-electron chi connectivity index (χ3n) is 3.52. The molecule has 1 aromatic heterocycles. The van der Waals surface area contributed by atoms with Crippen LogP contribution < -0.4 is 4.72 Å². The number of ketones is 1. The Bertz CT molecular complexity index is 923. The van der Waals surface area contributed by atoms with Crippen LogP contribution in [0.1, 0.15) is 23.5 Å². The molecule has 0 unspecified atom stereocenters. The Morgan fingerprint density at radius 1 is 1.11 bits per heavy atom. The van der Waals surface area contributed by atoms with Gasteiger partial charge >= 0.3 is 5.97 Å². The molecule has 1 aromatic carbocycles. The van der Waals surface area contributed by atoms with E-state index in [0.29, 0.717) is 14.2 Å². The quantitative estimate of drug-likeness (QED) is 0.488. The predicted octanol–water partition coefficient (Wildman–Crippen LogP) is 3.78. The van der Waals surface area contributed by atoms with Gasteiger partial charge in [-0.2, -0.15) is 4.72 Å². The number of halogens is 2. The number of thiophene rings is 1. The molecule has 146 valence electrons. The van der Waals surface area contributed by atoms with Crippen LogP contribution in [-0.2, 0) is 19.6 Å². The lowest BCUT2D eigenvalue weighted by molar-refractivity contribution is -0.145. The van der Waals surface area contributed by atoms with Crippen LogP contribution in [0.2, 0.25) is 9.36 Å². The van der Waals surface area contributed by atoms with E-state index in [-0.39, 0.29) is 4.90 Å². The maximum Gasteiger partial charge on any atom is 0.324 e. The van der Waals surface area contributed by atoms with Crippen LogP contribution in [0.3, 0.4) is 0 Å². The van der Waals surface area contributed by atoms with Crippen molar-refractivity contribution in [2.45, 2.75) is 24.8 Å². The summed E-state index contributed by atoms with van der Waals surface area (Å²) in [6.07, 6.45) is 0. The Kier molecular flexibility index (Phi) is 7.41. The molecule has 1 atom stereocenters. The first-order chi connectivity index (χ1) is 12.6. The number of nitrogens with one attached hydrogen (secondary N) is 1. The number of carbonyl (C=O) groups is 2. The van der Waals surface area contributed by atoms with Crippen LogP contribution in [0.25, 0.3) is 0 Å². The third kappa shape index (κ3) is 6.02. The van der Waals surface area contributed by atoms with E-state index < -0.39 is 40.3 Å². The second kappa shape index (κ2) is 9.16. The standard InChI is InChI=1S/C17H17Cl2NO5S2/c1-10(2)16(20-27(23,24)12-5-3-11(18)4-6-12)17(22)25-9-13(21)14-7-8-15(19)26-14/h3-8,10,16,20H,9H2,1-2H3/t16-/m0/s1. The topological polar surface area (TPSA) is 89.5 Å². The van der Waals surface area contributed by atoms with Crippen molar-refractivity contribution in [2.75, 3.05) is 6.61 Å². The molecule has 0 aliphatic carbocycles. The Labute approximate surface area is 171 Å². The Morgan fingerprint density at radius 3 is 2.26 bits per heavy atom. The molecule has 2 aromatic rings. The van der Waals surface area contributed by atoms with Crippen LogP contribution in [0, 0.1) is 5.92 Å². The zero-order chi connectivity index (χ0) is 20.2. The Morgan fingerprint density at radius 2 is 1.74 bits per heavy atom. The molecule has 10 heteroatoms. The number of esters is 1. The fourth-order valence-corrected chi connectivity index (χ4v) is 4.49. The number of hydrogen-bond acceptors (Lipinski definition) is 6. The monoisotopic (exact) mass is 449 g/mol. The number of hydrogen-bond donors (Lipinski definition) is 1. The molecule has 0 radical (unpaired) electrons. The molecule has 0 aliphatic rings. The lowest BCUT2D eigenvalue weighted by atomic mass is 10.1. The second-order valence-corrected chi connectivity index (χ2v) is 9.80. The molecule has 0 saturated heterocycles. The summed E-state index contributed by atoms with van der Waals surface area (Å²) in [7, 11) is -3.96. The van der Waals surface area contributed by atoms with Crippen molar-refractivity contribution < 1.29 is 22.7 Å². The summed E-state index contributed by atoms with van der Waals surface area (Å²) in [6, 6.07) is 7.48. The normalized spacial score (nSPS) is 12.8. The van der Waals surface area contributed by atoms with Gasteiger partial charge in [0.25, 0.3) is 0 Å².